The molecule has 2 aliphatic rings. The summed E-state index contributed by atoms with van der Waals surface area (Å²) in [5.74, 6) is 0.843. The molecule has 0 aliphatic carbocycles. The fraction of sp³-hybridized carbons (Fsp3) is 0.333. The van der Waals surface area contributed by atoms with Gasteiger partial charge in [0.25, 0.3) is 15.9 Å². The van der Waals surface area contributed by atoms with Crippen LogP contribution in [0.4, 0.5) is 0 Å². The Bertz CT molecular complexity index is 1320. The van der Waals surface area contributed by atoms with E-state index >= 15 is 0 Å². The third-order valence-corrected chi connectivity index (χ3v) is 8.80. The number of aliphatic imine (C=N–C) groups is 1. The number of H-pyrrole nitrogens is 1. The van der Waals surface area contributed by atoms with Crippen molar-refractivity contribution in [2.24, 2.45) is 4.99 Å². The van der Waals surface area contributed by atoms with Gasteiger partial charge in [-0.3, -0.25) is 9.79 Å². The van der Waals surface area contributed by atoms with Crippen molar-refractivity contribution in [2.75, 3.05) is 46.3 Å². The summed E-state index contributed by atoms with van der Waals surface area (Å²) in [6, 6.07) is 8.69. The van der Waals surface area contributed by atoms with Gasteiger partial charge in [-0.1, -0.05) is 11.6 Å². The molecule has 168 valence electrons. The van der Waals surface area contributed by atoms with Gasteiger partial charge in [0.15, 0.2) is 0 Å². The molecule has 0 atom stereocenters. The van der Waals surface area contributed by atoms with E-state index < -0.39 is 10.0 Å². The van der Waals surface area contributed by atoms with Crippen LogP contribution >= 0.6 is 22.9 Å². The van der Waals surface area contributed by atoms with Crippen molar-refractivity contribution >= 4 is 55.6 Å². The number of carbonyl (C=O) groups excluding carboxylic acids is 1. The second-order valence-corrected chi connectivity index (χ2v) is 11.1. The molecular formula is C21H22ClN5O3S2. The number of nitrogens with zero attached hydrogens (tertiary/aromatic N) is 4. The number of thiophene rings is 1. The molecule has 0 unspecified atom stereocenters. The highest BCUT2D eigenvalue weighted by atomic mass is 35.5. The minimum atomic E-state index is -3.69. The van der Waals surface area contributed by atoms with Gasteiger partial charge in [0, 0.05) is 66.6 Å². The summed E-state index contributed by atoms with van der Waals surface area (Å²) >= 11 is 7.41. The molecule has 5 rings (SSSR count). The summed E-state index contributed by atoms with van der Waals surface area (Å²) in [5.41, 5.74) is 1.67. The van der Waals surface area contributed by atoms with Gasteiger partial charge < -0.3 is 14.8 Å². The van der Waals surface area contributed by atoms with E-state index in [0.717, 1.165) is 29.9 Å². The van der Waals surface area contributed by atoms with Crippen LogP contribution in [0.5, 0.6) is 0 Å². The molecule has 0 radical (unpaired) electrons. The van der Waals surface area contributed by atoms with E-state index in [1.807, 2.05) is 18.5 Å². The van der Waals surface area contributed by atoms with Crippen molar-refractivity contribution in [1.29, 1.82) is 0 Å². The van der Waals surface area contributed by atoms with E-state index in [1.165, 1.54) is 15.6 Å². The van der Waals surface area contributed by atoms with Crippen LogP contribution in [-0.4, -0.2) is 85.6 Å². The number of sulfonamides is 1. The number of fused-ring (bicyclic) bond motifs is 1. The zero-order chi connectivity index (χ0) is 22.5. The van der Waals surface area contributed by atoms with Crippen LogP contribution in [0.3, 0.4) is 0 Å². The largest absolute Gasteiger partial charge is 0.358 e. The molecule has 8 nitrogen and oxygen atoms in total. The Morgan fingerprint density at radius 2 is 1.91 bits per heavy atom. The Labute approximate surface area is 195 Å². The zero-order valence-electron chi connectivity index (χ0n) is 17.4. The van der Waals surface area contributed by atoms with Gasteiger partial charge in [-0.25, -0.2) is 8.42 Å². The number of carbonyl (C=O) groups is 1. The molecule has 1 N–H and O–H groups in total. The number of rotatable bonds is 4. The number of benzene rings is 1. The number of hydrogen-bond donors (Lipinski definition) is 1. The number of likely N-dealkylation sites (N-methyl/N-ethyl adjacent to an activating group) is 1. The van der Waals surface area contributed by atoms with Gasteiger partial charge in [-0.15, -0.1) is 11.3 Å². The molecule has 32 heavy (non-hydrogen) atoms. The number of amides is 1. The third-order valence-electron chi connectivity index (χ3n) is 5.83. The minimum absolute atomic E-state index is 0.0696. The van der Waals surface area contributed by atoms with E-state index in [2.05, 4.69) is 14.9 Å². The molecule has 1 fully saturated rings. The van der Waals surface area contributed by atoms with Crippen LogP contribution in [0.15, 0.2) is 45.7 Å². The lowest BCUT2D eigenvalue weighted by atomic mass is 10.2. The summed E-state index contributed by atoms with van der Waals surface area (Å²) in [5, 5.41) is 3.39. The van der Waals surface area contributed by atoms with Crippen molar-refractivity contribution in [1.82, 2.24) is 19.1 Å². The van der Waals surface area contributed by atoms with Gasteiger partial charge in [0.05, 0.1) is 11.4 Å². The number of piperazine rings is 1. The van der Waals surface area contributed by atoms with Gasteiger partial charge in [0.2, 0.25) is 0 Å². The molecule has 1 aromatic carbocycles. The Morgan fingerprint density at radius 1 is 1.12 bits per heavy atom. The average Bonchev–Trinajstić information content (AvgIpc) is 3.52. The van der Waals surface area contributed by atoms with Crippen molar-refractivity contribution < 1.29 is 13.2 Å². The summed E-state index contributed by atoms with van der Waals surface area (Å²) in [4.78, 5) is 24.9. The molecule has 4 heterocycles. The van der Waals surface area contributed by atoms with Gasteiger partial charge >= 0.3 is 0 Å². The topological polar surface area (TPSA) is 89.1 Å². The SMILES string of the molecule is CN1CCN=C1c1csc(C(=O)N2CCN(S(=O)(=O)c3cc4cc(Cl)ccc4[nH]3)CC2)c1. The fourth-order valence-electron chi connectivity index (χ4n) is 4.05. The molecular weight excluding hydrogens is 470 g/mol. The molecule has 0 bridgehead atoms. The van der Waals surface area contributed by atoms with E-state index in [1.54, 1.807) is 29.2 Å². The number of nitrogens with one attached hydrogen (secondary N) is 1. The number of amidine groups is 1. The summed E-state index contributed by atoms with van der Waals surface area (Å²) < 4.78 is 27.6. The molecule has 0 spiro atoms. The van der Waals surface area contributed by atoms with Gasteiger partial charge in [0.1, 0.15) is 10.9 Å². The van der Waals surface area contributed by atoms with Crippen LogP contribution < -0.4 is 0 Å². The Kier molecular flexibility index (Phi) is 5.48. The van der Waals surface area contributed by atoms with E-state index in [9.17, 15) is 13.2 Å². The second kappa shape index (κ2) is 8.18. The molecule has 2 aliphatic heterocycles. The van der Waals surface area contributed by atoms with Crippen molar-refractivity contribution in [3.05, 3.63) is 51.2 Å². The van der Waals surface area contributed by atoms with E-state index in [-0.39, 0.29) is 24.0 Å². The zero-order valence-corrected chi connectivity index (χ0v) is 19.8. The van der Waals surface area contributed by atoms with Crippen molar-refractivity contribution in [3.8, 4) is 0 Å². The maximum absolute atomic E-state index is 13.1. The predicted octanol–water partition coefficient (Wildman–Crippen LogP) is 2.72. The van der Waals surface area contributed by atoms with Crippen LogP contribution in [0, 0.1) is 0 Å². The van der Waals surface area contributed by atoms with Crippen LogP contribution in [0.1, 0.15) is 15.2 Å². The molecule has 11 heteroatoms. The second-order valence-electron chi connectivity index (χ2n) is 7.89. The van der Waals surface area contributed by atoms with Crippen LogP contribution in [0.2, 0.25) is 5.02 Å². The summed E-state index contributed by atoms with van der Waals surface area (Å²) in [6.07, 6.45) is 0. The van der Waals surface area contributed by atoms with E-state index in [0.29, 0.717) is 28.5 Å². The smallest absolute Gasteiger partial charge is 0.264 e. The van der Waals surface area contributed by atoms with Crippen molar-refractivity contribution in [2.45, 2.75) is 5.03 Å². The quantitative estimate of drug-likeness (QED) is 0.607. The maximum atomic E-state index is 13.1. The van der Waals surface area contributed by atoms with Crippen LogP contribution in [-0.2, 0) is 10.0 Å². The van der Waals surface area contributed by atoms with Crippen LogP contribution in [0.25, 0.3) is 10.9 Å². The Balaban J connectivity index is 1.27. The first-order chi connectivity index (χ1) is 15.3. The molecule has 3 aromatic rings. The van der Waals surface area contributed by atoms with E-state index in [4.69, 9.17) is 11.6 Å². The Morgan fingerprint density at radius 3 is 2.62 bits per heavy atom. The number of aromatic amines is 1. The van der Waals surface area contributed by atoms with Crippen molar-refractivity contribution in [3.63, 3.8) is 0 Å². The number of aromatic nitrogens is 1. The average molecular weight is 492 g/mol. The third kappa shape index (κ3) is 3.81. The number of halogens is 1. The highest BCUT2D eigenvalue weighted by Gasteiger charge is 2.32. The number of hydrogen-bond acceptors (Lipinski definition) is 6. The lowest BCUT2D eigenvalue weighted by Crippen LogP contribution is -2.50. The lowest BCUT2D eigenvalue weighted by molar-refractivity contribution is 0.0702. The highest BCUT2D eigenvalue weighted by molar-refractivity contribution is 7.89. The standard InChI is InChI=1S/C21H22ClN5O3S2/c1-25-5-4-23-20(25)15-11-18(31-13-15)21(28)26-6-8-27(9-7-26)32(29,30)19-12-14-10-16(22)2-3-17(14)24-19/h2-3,10-13,24H,4-9H2,1H3. The normalized spacial score (nSPS) is 17.9. The summed E-state index contributed by atoms with van der Waals surface area (Å²) in [6.45, 7) is 2.84. The first kappa shape index (κ1) is 21.4. The highest BCUT2D eigenvalue weighted by Crippen LogP contribution is 2.26. The minimum Gasteiger partial charge on any atom is -0.358 e. The molecule has 2 aromatic heterocycles. The molecule has 0 saturated carbocycles. The molecule has 1 amide bonds. The lowest BCUT2D eigenvalue weighted by Gasteiger charge is -2.33. The monoisotopic (exact) mass is 491 g/mol. The van der Waals surface area contributed by atoms with Gasteiger partial charge in [-0.05, 0) is 30.3 Å². The maximum Gasteiger partial charge on any atom is 0.264 e. The summed E-state index contributed by atoms with van der Waals surface area (Å²) in [7, 11) is -1.69. The fourth-order valence-corrected chi connectivity index (χ4v) is 6.52. The first-order valence-corrected chi connectivity index (χ1v) is 12.9. The predicted molar refractivity (Wildman–Crippen MR) is 126 cm³/mol. The van der Waals surface area contributed by atoms with Gasteiger partial charge in [-0.2, -0.15) is 4.31 Å². The first-order valence-electron chi connectivity index (χ1n) is 10.2. The Hall–Kier alpha value is -2.40. The molecule has 1 saturated heterocycles.